The summed E-state index contributed by atoms with van der Waals surface area (Å²) in [6.07, 6.45) is 3.41. The number of fused-ring (bicyclic) bond motifs is 1. The summed E-state index contributed by atoms with van der Waals surface area (Å²) in [6.45, 7) is 1.29. The van der Waals surface area contributed by atoms with E-state index in [0.29, 0.717) is 12.6 Å². The van der Waals surface area contributed by atoms with Crippen molar-refractivity contribution in [2.24, 2.45) is 5.73 Å². The van der Waals surface area contributed by atoms with Crippen LogP contribution in [0.25, 0.3) is 11.0 Å². The zero-order valence-corrected chi connectivity index (χ0v) is 10.7. The van der Waals surface area contributed by atoms with Crippen LogP contribution < -0.4 is 5.73 Å². The molecule has 1 aromatic carbocycles. The molecular weight excluding hydrogens is 226 g/mol. The molecule has 2 aromatic rings. The fraction of sp³-hybridized carbons (Fsp3) is 0.500. The normalized spacial score (nSPS) is 15.4. The molecule has 0 unspecified atom stereocenters. The summed E-state index contributed by atoms with van der Waals surface area (Å²) in [5.41, 5.74) is 9.13. The van der Waals surface area contributed by atoms with Crippen LogP contribution in [0.1, 0.15) is 30.3 Å². The van der Waals surface area contributed by atoms with Gasteiger partial charge in [-0.1, -0.05) is 6.07 Å². The zero-order chi connectivity index (χ0) is 12.5. The van der Waals surface area contributed by atoms with Crippen LogP contribution in [-0.4, -0.2) is 23.3 Å². The molecule has 18 heavy (non-hydrogen) atoms. The summed E-state index contributed by atoms with van der Waals surface area (Å²) in [4.78, 5) is 4.75. The topological polar surface area (TPSA) is 53.1 Å². The maximum atomic E-state index is 5.68. The summed E-state index contributed by atoms with van der Waals surface area (Å²) in [7, 11) is 1.73. The summed E-state index contributed by atoms with van der Waals surface area (Å²) >= 11 is 0. The molecule has 2 N–H and O–H groups in total. The smallest absolute Gasteiger partial charge is 0.112 e. The molecule has 96 valence electrons. The number of hydrogen-bond acceptors (Lipinski definition) is 3. The van der Waals surface area contributed by atoms with E-state index in [1.165, 1.54) is 18.4 Å². The summed E-state index contributed by atoms with van der Waals surface area (Å²) in [5, 5.41) is 0. The third-order valence-electron chi connectivity index (χ3n) is 3.50. The fourth-order valence-corrected chi connectivity index (χ4v) is 2.43. The minimum Gasteiger partial charge on any atom is -0.384 e. The molecule has 3 rings (SSSR count). The average Bonchev–Trinajstić information content (AvgIpc) is 3.16. The predicted molar refractivity (Wildman–Crippen MR) is 71.5 cm³/mol. The molecule has 4 heteroatoms. The summed E-state index contributed by atoms with van der Waals surface area (Å²) in [5.74, 6) is 1.14. The predicted octanol–water partition coefficient (Wildman–Crippen LogP) is 2.02. The number of nitrogens with zero attached hydrogens (tertiary/aromatic N) is 2. The number of methoxy groups -OCH3 is 1. The van der Waals surface area contributed by atoms with Crippen molar-refractivity contribution in [3.05, 3.63) is 29.6 Å². The molecule has 0 saturated heterocycles. The quantitative estimate of drug-likeness (QED) is 0.876. The number of nitrogens with two attached hydrogens (primary N) is 1. The molecule has 4 nitrogen and oxygen atoms in total. The Bertz CT molecular complexity index is 557. The van der Waals surface area contributed by atoms with Gasteiger partial charge in [-0.15, -0.1) is 0 Å². The standard InChI is InChI=1S/C14H19N3O/c1-18-7-6-14-16-12-8-10(9-15)2-5-13(12)17(14)11-3-4-11/h2,5,8,11H,3-4,6-7,9,15H2,1H3. The second-order valence-electron chi connectivity index (χ2n) is 4.90. The van der Waals surface area contributed by atoms with E-state index >= 15 is 0 Å². The molecule has 0 bridgehead atoms. The summed E-state index contributed by atoms with van der Waals surface area (Å²) in [6, 6.07) is 7.00. The zero-order valence-electron chi connectivity index (χ0n) is 10.7. The third-order valence-corrected chi connectivity index (χ3v) is 3.50. The lowest BCUT2D eigenvalue weighted by atomic mass is 10.2. The average molecular weight is 245 g/mol. The first-order chi connectivity index (χ1) is 8.83. The monoisotopic (exact) mass is 245 g/mol. The van der Waals surface area contributed by atoms with Gasteiger partial charge in [0.25, 0.3) is 0 Å². The maximum absolute atomic E-state index is 5.68. The largest absolute Gasteiger partial charge is 0.384 e. The highest BCUT2D eigenvalue weighted by Gasteiger charge is 2.27. The molecule has 1 aliphatic rings. The second kappa shape index (κ2) is 4.71. The van der Waals surface area contributed by atoms with Crippen molar-refractivity contribution in [2.75, 3.05) is 13.7 Å². The lowest BCUT2D eigenvalue weighted by Crippen LogP contribution is -2.05. The SMILES string of the molecule is COCCc1nc2cc(CN)ccc2n1C1CC1. The van der Waals surface area contributed by atoms with Crippen LogP contribution in [0.2, 0.25) is 0 Å². The molecule has 1 aromatic heterocycles. The number of benzene rings is 1. The first-order valence-corrected chi connectivity index (χ1v) is 6.52. The number of rotatable bonds is 5. The van der Waals surface area contributed by atoms with Crippen LogP contribution in [0, 0.1) is 0 Å². The Balaban J connectivity index is 2.06. The van der Waals surface area contributed by atoms with Gasteiger partial charge in [-0.25, -0.2) is 4.98 Å². The van der Waals surface area contributed by atoms with E-state index in [9.17, 15) is 0 Å². The number of hydrogen-bond donors (Lipinski definition) is 1. The summed E-state index contributed by atoms with van der Waals surface area (Å²) < 4.78 is 7.55. The molecular formula is C14H19N3O. The number of imidazole rings is 1. The van der Waals surface area contributed by atoms with Crippen molar-refractivity contribution in [1.29, 1.82) is 0 Å². The Morgan fingerprint density at radius 1 is 1.44 bits per heavy atom. The minimum atomic E-state index is 0.569. The van der Waals surface area contributed by atoms with Crippen LogP contribution in [0.15, 0.2) is 18.2 Å². The molecule has 0 spiro atoms. The van der Waals surface area contributed by atoms with Gasteiger partial charge in [-0.3, -0.25) is 0 Å². The van der Waals surface area contributed by atoms with Crippen molar-refractivity contribution < 1.29 is 4.74 Å². The van der Waals surface area contributed by atoms with Gasteiger partial charge in [0.05, 0.1) is 17.6 Å². The lowest BCUT2D eigenvalue weighted by Gasteiger charge is -2.07. The Labute approximate surface area is 107 Å². The van der Waals surface area contributed by atoms with Gasteiger partial charge in [0.2, 0.25) is 0 Å². The Morgan fingerprint density at radius 2 is 2.28 bits per heavy atom. The Hall–Kier alpha value is -1.39. The van der Waals surface area contributed by atoms with Crippen LogP contribution in [0.4, 0.5) is 0 Å². The highest BCUT2D eigenvalue weighted by atomic mass is 16.5. The van der Waals surface area contributed by atoms with Crippen molar-refractivity contribution in [3.63, 3.8) is 0 Å². The number of ether oxygens (including phenoxy) is 1. The van der Waals surface area contributed by atoms with Crippen molar-refractivity contribution in [1.82, 2.24) is 9.55 Å². The Morgan fingerprint density at radius 3 is 2.94 bits per heavy atom. The minimum absolute atomic E-state index is 0.569. The van der Waals surface area contributed by atoms with Gasteiger partial charge in [0.1, 0.15) is 5.82 Å². The van der Waals surface area contributed by atoms with Gasteiger partial charge in [0.15, 0.2) is 0 Å². The molecule has 0 amide bonds. The molecule has 0 atom stereocenters. The van der Waals surface area contributed by atoms with E-state index < -0.39 is 0 Å². The van der Waals surface area contributed by atoms with E-state index in [1.54, 1.807) is 7.11 Å². The van der Waals surface area contributed by atoms with E-state index in [0.717, 1.165) is 29.9 Å². The third kappa shape index (κ3) is 2.02. The lowest BCUT2D eigenvalue weighted by molar-refractivity contribution is 0.199. The van der Waals surface area contributed by atoms with Crippen molar-refractivity contribution in [3.8, 4) is 0 Å². The van der Waals surface area contributed by atoms with Crippen molar-refractivity contribution >= 4 is 11.0 Å². The first kappa shape index (κ1) is 11.7. The maximum Gasteiger partial charge on any atom is 0.112 e. The van der Waals surface area contributed by atoms with Crippen LogP contribution in [0.3, 0.4) is 0 Å². The van der Waals surface area contributed by atoms with Gasteiger partial charge in [-0.05, 0) is 30.5 Å². The van der Waals surface area contributed by atoms with E-state index in [4.69, 9.17) is 15.5 Å². The van der Waals surface area contributed by atoms with Crippen LogP contribution in [-0.2, 0) is 17.7 Å². The molecule has 1 saturated carbocycles. The molecule has 1 fully saturated rings. The van der Waals surface area contributed by atoms with E-state index in [1.807, 2.05) is 0 Å². The van der Waals surface area contributed by atoms with E-state index in [2.05, 4.69) is 22.8 Å². The molecule has 1 heterocycles. The van der Waals surface area contributed by atoms with E-state index in [-0.39, 0.29) is 0 Å². The molecule has 1 aliphatic carbocycles. The van der Waals surface area contributed by atoms with Gasteiger partial charge >= 0.3 is 0 Å². The van der Waals surface area contributed by atoms with Crippen LogP contribution in [0.5, 0.6) is 0 Å². The molecule has 0 aliphatic heterocycles. The van der Waals surface area contributed by atoms with Gasteiger partial charge in [0, 0.05) is 26.1 Å². The Kier molecular flexibility index (Phi) is 3.06. The van der Waals surface area contributed by atoms with Crippen molar-refractivity contribution in [2.45, 2.75) is 31.8 Å². The van der Waals surface area contributed by atoms with Gasteiger partial charge in [-0.2, -0.15) is 0 Å². The molecule has 0 radical (unpaired) electrons. The first-order valence-electron chi connectivity index (χ1n) is 6.52. The van der Waals surface area contributed by atoms with Gasteiger partial charge < -0.3 is 15.0 Å². The second-order valence-corrected chi connectivity index (χ2v) is 4.90. The fourth-order valence-electron chi connectivity index (χ4n) is 2.43. The van der Waals surface area contributed by atoms with Crippen LogP contribution >= 0.6 is 0 Å². The highest BCUT2D eigenvalue weighted by Crippen LogP contribution is 2.38. The highest BCUT2D eigenvalue weighted by molar-refractivity contribution is 5.77. The number of aromatic nitrogens is 2.